The molecule has 0 saturated carbocycles. The molecule has 1 aliphatic rings. The van der Waals surface area contributed by atoms with Gasteiger partial charge in [-0.25, -0.2) is 0 Å². The number of aliphatic hydroxyl groups is 1. The van der Waals surface area contributed by atoms with Crippen molar-refractivity contribution in [3.8, 4) is 0 Å². The van der Waals surface area contributed by atoms with Crippen molar-refractivity contribution in [2.45, 2.75) is 13.0 Å². The summed E-state index contributed by atoms with van der Waals surface area (Å²) in [5.41, 5.74) is 0. The van der Waals surface area contributed by atoms with Crippen LogP contribution in [0, 0.1) is 5.92 Å². The van der Waals surface area contributed by atoms with E-state index in [0.717, 1.165) is 25.3 Å². The highest BCUT2D eigenvalue weighted by molar-refractivity contribution is 5.77. The summed E-state index contributed by atoms with van der Waals surface area (Å²) in [6, 6.07) is 3.68. The number of hydrogen-bond acceptors (Lipinski definition) is 4. The van der Waals surface area contributed by atoms with Gasteiger partial charge in [0.15, 0.2) is 0 Å². The van der Waals surface area contributed by atoms with Crippen molar-refractivity contribution in [1.29, 1.82) is 0 Å². The van der Waals surface area contributed by atoms with Gasteiger partial charge < -0.3 is 14.4 Å². The van der Waals surface area contributed by atoms with E-state index in [1.807, 2.05) is 12.1 Å². The molecule has 0 aromatic carbocycles. The molecule has 1 aromatic heterocycles. The summed E-state index contributed by atoms with van der Waals surface area (Å²) in [6.07, 6.45) is 2.59. The molecule has 1 N–H and O–H groups in total. The molecule has 100 valence electrons. The minimum atomic E-state index is 0.0880. The maximum atomic E-state index is 12.0. The summed E-state index contributed by atoms with van der Waals surface area (Å²) in [4.78, 5) is 15.8. The second kappa shape index (κ2) is 6.02. The van der Waals surface area contributed by atoms with E-state index in [2.05, 4.69) is 4.90 Å². The first-order chi connectivity index (χ1) is 8.69. The maximum absolute atomic E-state index is 12.0. The first kappa shape index (κ1) is 13.1. The predicted molar refractivity (Wildman–Crippen MR) is 66.8 cm³/mol. The van der Waals surface area contributed by atoms with Gasteiger partial charge in [0.2, 0.25) is 5.91 Å². The highest BCUT2D eigenvalue weighted by Gasteiger charge is 2.24. The van der Waals surface area contributed by atoms with E-state index in [1.165, 1.54) is 0 Å². The van der Waals surface area contributed by atoms with Gasteiger partial charge in [-0.3, -0.25) is 9.69 Å². The topological polar surface area (TPSA) is 56.9 Å². The van der Waals surface area contributed by atoms with Crippen molar-refractivity contribution in [2.75, 3.05) is 33.3 Å². The standard InChI is InChI=1S/C13H20N2O3/c1-14(8-12-3-2-6-18-12)13(17)9-15-5-4-11(7-15)10-16/h2-3,6,11,16H,4-5,7-10H2,1H3. The van der Waals surface area contributed by atoms with Gasteiger partial charge in [-0.1, -0.05) is 0 Å². The van der Waals surface area contributed by atoms with Gasteiger partial charge in [-0.05, 0) is 31.0 Å². The van der Waals surface area contributed by atoms with Crippen LogP contribution in [0.1, 0.15) is 12.2 Å². The van der Waals surface area contributed by atoms with Crippen molar-refractivity contribution in [3.05, 3.63) is 24.2 Å². The fraction of sp³-hybridized carbons (Fsp3) is 0.615. The Balaban J connectivity index is 1.77. The van der Waals surface area contributed by atoms with E-state index in [4.69, 9.17) is 9.52 Å². The Morgan fingerprint density at radius 3 is 3.11 bits per heavy atom. The van der Waals surface area contributed by atoms with Crippen LogP contribution in [0.2, 0.25) is 0 Å². The van der Waals surface area contributed by atoms with Crippen LogP contribution in [0.4, 0.5) is 0 Å². The molecule has 1 atom stereocenters. The molecule has 1 saturated heterocycles. The lowest BCUT2D eigenvalue weighted by atomic mass is 10.1. The first-order valence-electron chi connectivity index (χ1n) is 6.28. The van der Waals surface area contributed by atoms with E-state index in [1.54, 1.807) is 18.2 Å². The van der Waals surface area contributed by atoms with Crippen LogP contribution in [-0.2, 0) is 11.3 Å². The average Bonchev–Trinajstić information content (AvgIpc) is 3.00. The lowest BCUT2D eigenvalue weighted by Gasteiger charge is -2.20. The summed E-state index contributed by atoms with van der Waals surface area (Å²) in [5, 5.41) is 9.06. The number of furan rings is 1. The maximum Gasteiger partial charge on any atom is 0.236 e. The normalized spacial score (nSPS) is 20.2. The monoisotopic (exact) mass is 252 g/mol. The first-order valence-corrected chi connectivity index (χ1v) is 6.28. The molecular weight excluding hydrogens is 232 g/mol. The largest absolute Gasteiger partial charge is 0.467 e. The predicted octanol–water partition coefficient (Wildman–Crippen LogP) is 0.552. The molecule has 5 nitrogen and oxygen atoms in total. The average molecular weight is 252 g/mol. The number of rotatable bonds is 5. The van der Waals surface area contributed by atoms with Crippen LogP contribution in [0.5, 0.6) is 0 Å². The number of nitrogens with zero attached hydrogens (tertiary/aromatic N) is 2. The molecule has 1 aliphatic heterocycles. The molecule has 1 unspecified atom stereocenters. The van der Waals surface area contributed by atoms with Gasteiger partial charge in [0.1, 0.15) is 5.76 Å². The van der Waals surface area contributed by atoms with Gasteiger partial charge in [0.05, 0.1) is 19.4 Å². The molecule has 2 heterocycles. The molecule has 1 amide bonds. The molecule has 2 rings (SSSR count). The Kier molecular flexibility index (Phi) is 4.38. The number of aliphatic hydroxyl groups excluding tert-OH is 1. The molecule has 18 heavy (non-hydrogen) atoms. The second-order valence-corrected chi connectivity index (χ2v) is 4.90. The van der Waals surface area contributed by atoms with Crippen molar-refractivity contribution in [2.24, 2.45) is 5.92 Å². The zero-order valence-corrected chi connectivity index (χ0v) is 10.7. The number of amides is 1. The van der Waals surface area contributed by atoms with Gasteiger partial charge in [0, 0.05) is 20.2 Å². The van der Waals surface area contributed by atoms with E-state index in [0.29, 0.717) is 19.0 Å². The number of likely N-dealkylation sites (N-methyl/N-ethyl adjacent to an activating group) is 1. The van der Waals surface area contributed by atoms with Crippen molar-refractivity contribution in [3.63, 3.8) is 0 Å². The molecule has 0 aliphatic carbocycles. The summed E-state index contributed by atoms with van der Waals surface area (Å²) in [6.45, 7) is 2.85. The SMILES string of the molecule is CN(Cc1ccco1)C(=O)CN1CCC(CO)C1. The van der Waals surface area contributed by atoms with Crippen molar-refractivity contribution >= 4 is 5.91 Å². The van der Waals surface area contributed by atoms with Crippen LogP contribution in [0.3, 0.4) is 0 Å². The third-order valence-corrected chi connectivity index (χ3v) is 3.39. The molecule has 1 aromatic rings. The molecule has 5 heteroatoms. The Bertz CT molecular complexity index is 378. The summed E-state index contributed by atoms with van der Waals surface area (Å²) in [7, 11) is 1.78. The van der Waals surface area contributed by atoms with Crippen molar-refractivity contribution < 1.29 is 14.3 Å². The van der Waals surface area contributed by atoms with E-state index in [9.17, 15) is 4.79 Å². The highest BCUT2D eigenvalue weighted by Crippen LogP contribution is 2.15. The highest BCUT2D eigenvalue weighted by atomic mass is 16.3. The minimum Gasteiger partial charge on any atom is -0.467 e. The van der Waals surface area contributed by atoms with Crippen LogP contribution in [0.25, 0.3) is 0 Å². The summed E-state index contributed by atoms with van der Waals surface area (Å²) in [5.74, 6) is 1.21. The lowest BCUT2D eigenvalue weighted by molar-refractivity contribution is -0.131. The fourth-order valence-corrected chi connectivity index (χ4v) is 2.24. The smallest absolute Gasteiger partial charge is 0.236 e. The van der Waals surface area contributed by atoms with Gasteiger partial charge in [-0.2, -0.15) is 0 Å². The number of hydrogen-bond donors (Lipinski definition) is 1. The Morgan fingerprint density at radius 1 is 1.67 bits per heavy atom. The van der Waals surface area contributed by atoms with Crippen LogP contribution in [-0.4, -0.2) is 54.1 Å². The Labute approximate surface area is 107 Å². The zero-order valence-electron chi connectivity index (χ0n) is 10.7. The van der Waals surface area contributed by atoms with Gasteiger partial charge in [-0.15, -0.1) is 0 Å². The van der Waals surface area contributed by atoms with Gasteiger partial charge in [0.25, 0.3) is 0 Å². The fourth-order valence-electron chi connectivity index (χ4n) is 2.24. The third-order valence-electron chi connectivity index (χ3n) is 3.39. The molecule has 0 radical (unpaired) electrons. The number of carbonyl (C=O) groups is 1. The van der Waals surface area contributed by atoms with E-state index >= 15 is 0 Å². The van der Waals surface area contributed by atoms with Crippen LogP contribution < -0.4 is 0 Å². The number of likely N-dealkylation sites (tertiary alicyclic amines) is 1. The van der Waals surface area contributed by atoms with Crippen LogP contribution in [0.15, 0.2) is 22.8 Å². The zero-order chi connectivity index (χ0) is 13.0. The van der Waals surface area contributed by atoms with Crippen molar-refractivity contribution in [1.82, 2.24) is 9.80 Å². The quantitative estimate of drug-likeness (QED) is 0.831. The van der Waals surface area contributed by atoms with E-state index < -0.39 is 0 Å². The molecular formula is C13H20N2O3. The third kappa shape index (κ3) is 3.34. The van der Waals surface area contributed by atoms with Gasteiger partial charge >= 0.3 is 0 Å². The minimum absolute atomic E-state index is 0.0880. The van der Waals surface area contributed by atoms with Crippen LogP contribution >= 0.6 is 0 Å². The van der Waals surface area contributed by atoms with E-state index in [-0.39, 0.29) is 12.5 Å². The number of carbonyl (C=O) groups excluding carboxylic acids is 1. The lowest BCUT2D eigenvalue weighted by Crippen LogP contribution is -2.37. The summed E-state index contributed by atoms with van der Waals surface area (Å²) < 4.78 is 5.22. The molecule has 0 bridgehead atoms. The Hall–Kier alpha value is -1.33. The molecule has 0 spiro atoms. The summed E-state index contributed by atoms with van der Waals surface area (Å²) >= 11 is 0. The second-order valence-electron chi connectivity index (χ2n) is 4.90. The Morgan fingerprint density at radius 2 is 2.50 bits per heavy atom. The molecule has 1 fully saturated rings.